The number of hydrogen-bond donors (Lipinski definition) is 0. The Morgan fingerprint density at radius 3 is 0.923 bits per heavy atom. The van der Waals surface area contributed by atoms with Crippen LogP contribution in [0.5, 0.6) is 0 Å². The van der Waals surface area contributed by atoms with Gasteiger partial charge in [0.15, 0.2) is 0 Å². The zero-order chi connectivity index (χ0) is 10.9. The molecular formula is C10H28NdSi2. The molecule has 0 radical (unpaired) electrons. The van der Waals surface area contributed by atoms with Gasteiger partial charge in [-0.3, -0.25) is 0 Å². The monoisotopic (exact) mass is 346 g/mol. The number of rotatable bonds is 4. The van der Waals surface area contributed by atoms with Gasteiger partial charge in [0, 0.05) is 0 Å². The molecule has 0 heterocycles. The molecule has 13 heavy (non-hydrogen) atoms. The van der Waals surface area contributed by atoms with Crippen LogP contribution in [-0.2, 0) is 0 Å². The molecule has 0 amide bonds. The van der Waals surface area contributed by atoms with E-state index in [2.05, 4.69) is 53.1 Å². The standard InChI is InChI=1S/2C3H9Si.2C2H5.Nd/c2*1-4(2)3;2*1-2;/h2*1-3H3;2*1H2,2H3;. The van der Waals surface area contributed by atoms with Crippen molar-refractivity contribution >= 4 is 5.33 Å². The van der Waals surface area contributed by atoms with Gasteiger partial charge in [-0.1, -0.05) is 0 Å². The van der Waals surface area contributed by atoms with Gasteiger partial charge in [0.2, 0.25) is 0 Å². The van der Waals surface area contributed by atoms with Crippen LogP contribution >= 0.6 is 0 Å². The van der Waals surface area contributed by atoms with Gasteiger partial charge in [0.25, 0.3) is 0 Å². The Morgan fingerprint density at radius 2 is 0.923 bits per heavy atom. The van der Waals surface area contributed by atoms with Crippen LogP contribution in [-0.4, -0.2) is 5.33 Å². The first-order valence-electron chi connectivity index (χ1n) is 5.62. The predicted octanol–water partition coefficient (Wildman–Crippen LogP) is 4.69. The van der Waals surface area contributed by atoms with Crippen molar-refractivity contribution in [3.8, 4) is 0 Å². The van der Waals surface area contributed by atoms with Crippen LogP contribution < -0.4 is 0 Å². The average molecular weight is 349 g/mol. The van der Waals surface area contributed by atoms with Crippen molar-refractivity contribution in [2.75, 3.05) is 0 Å². The summed E-state index contributed by atoms with van der Waals surface area (Å²) in [6.07, 6.45) is 0. The van der Waals surface area contributed by atoms with Crippen molar-refractivity contribution in [3.63, 3.8) is 0 Å². The van der Waals surface area contributed by atoms with E-state index in [4.69, 9.17) is 0 Å². The summed E-state index contributed by atoms with van der Waals surface area (Å²) >= 11 is -1.83. The summed E-state index contributed by atoms with van der Waals surface area (Å²) in [5.41, 5.74) is 0. The van der Waals surface area contributed by atoms with Gasteiger partial charge in [-0.15, -0.1) is 0 Å². The van der Waals surface area contributed by atoms with Gasteiger partial charge in [0.1, 0.15) is 0 Å². The first kappa shape index (κ1) is 14.8. The molecule has 0 unspecified atom stereocenters. The third-order valence-electron chi connectivity index (χ3n) is 4.08. The Morgan fingerprint density at radius 1 is 0.692 bits per heavy atom. The summed E-state index contributed by atoms with van der Waals surface area (Å²) in [5, 5.41) is 0. The van der Waals surface area contributed by atoms with Crippen LogP contribution in [0.1, 0.15) is 13.8 Å². The molecule has 0 atom stereocenters. The van der Waals surface area contributed by atoms with Crippen molar-refractivity contribution in [1.29, 1.82) is 0 Å². The molecule has 0 rings (SSSR count). The maximum absolute atomic E-state index is 2.65. The molecule has 3 heteroatoms. The Labute approximate surface area is 91.6 Å². The fourth-order valence-corrected chi connectivity index (χ4v) is 124. The zero-order valence-corrected chi connectivity index (χ0v) is 16.1. The molecule has 0 nitrogen and oxygen atoms in total. The Hall–Kier alpha value is 1.78. The van der Waals surface area contributed by atoms with Gasteiger partial charge in [-0.25, -0.2) is 0 Å². The Balaban J connectivity index is 5.17. The van der Waals surface area contributed by atoms with E-state index in [0.29, 0.717) is 0 Å². The van der Waals surface area contributed by atoms with Crippen LogP contribution in [0.2, 0.25) is 43.4 Å². The van der Waals surface area contributed by atoms with Crippen molar-refractivity contribution in [2.24, 2.45) is 0 Å². The molecule has 0 aromatic rings. The first-order valence-corrected chi connectivity index (χ1v) is 26.8. The van der Waals surface area contributed by atoms with Crippen molar-refractivity contribution in [2.45, 2.75) is 57.3 Å². The third-order valence-corrected chi connectivity index (χ3v) is 117. The molecule has 0 aromatic carbocycles. The summed E-state index contributed by atoms with van der Waals surface area (Å²) in [7, 11) is 0. The minimum atomic E-state index is -1.83. The van der Waals surface area contributed by atoms with E-state index >= 15 is 0 Å². The van der Waals surface area contributed by atoms with Crippen molar-refractivity contribution in [1.82, 2.24) is 0 Å². The first-order chi connectivity index (χ1) is 5.62. The Bertz CT molecular complexity index is 145. The van der Waals surface area contributed by atoms with Gasteiger partial charge in [0.05, 0.1) is 0 Å². The molecule has 0 bridgehead atoms. The van der Waals surface area contributed by atoms with Crippen LogP contribution in [0.4, 0.5) is 0 Å². The molecule has 0 saturated heterocycles. The summed E-state index contributed by atoms with van der Waals surface area (Å²) in [6, 6.07) is 0. The average Bonchev–Trinajstić information content (AvgIpc) is 1.84. The third kappa shape index (κ3) is 2.88. The van der Waals surface area contributed by atoms with Crippen LogP contribution in [0.25, 0.3) is 0 Å². The summed E-state index contributed by atoms with van der Waals surface area (Å²) in [6.45, 7) is 20.9. The predicted molar refractivity (Wildman–Crippen MR) is 67.7 cm³/mol. The number of hydrogen-bond acceptors (Lipinski definition) is 0. The zero-order valence-electron chi connectivity index (χ0n) is 10.9. The maximum atomic E-state index is 2.65. The molecule has 0 spiro atoms. The summed E-state index contributed by atoms with van der Waals surface area (Å²) in [5.74, 6) is 0. The molecule has 0 aliphatic heterocycles. The molecule has 0 aliphatic rings. The van der Waals surface area contributed by atoms with Crippen LogP contribution in [0, 0.1) is 30.4 Å². The second-order valence-corrected chi connectivity index (χ2v) is 73.5. The van der Waals surface area contributed by atoms with Crippen molar-refractivity contribution < 1.29 is 30.4 Å². The minimum absolute atomic E-state index is 0.788. The SMILES string of the molecule is C[CH2][Nd]([CH2]C)([Si](C)(C)C)[Si](C)(C)C. The van der Waals surface area contributed by atoms with E-state index in [1.165, 1.54) is 0 Å². The topological polar surface area (TPSA) is 0 Å². The fraction of sp³-hybridized carbons (Fsp3) is 1.00. The van der Waals surface area contributed by atoms with Crippen LogP contribution in [0.15, 0.2) is 0 Å². The molecule has 0 saturated carbocycles. The van der Waals surface area contributed by atoms with E-state index in [-0.39, 0.29) is 0 Å². The van der Waals surface area contributed by atoms with Gasteiger partial charge >= 0.3 is 93.0 Å². The molecular weight excluding hydrogens is 321 g/mol. The van der Waals surface area contributed by atoms with E-state index < -0.39 is 35.7 Å². The second-order valence-electron chi connectivity index (χ2n) is 6.29. The van der Waals surface area contributed by atoms with Gasteiger partial charge < -0.3 is 0 Å². The Kier molecular flexibility index (Phi) is 5.40. The molecule has 80 valence electrons. The van der Waals surface area contributed by atoms with E-state index in [1.54, 1.807) is 4.14 Å². The normalized spacial score (nSPS) is 14.8. The van der Waals surface area contributed by atoms with Gasteiger partial charge in [-0.2, -0.15) is 0 Å². The van der Waals surface area contributed by atoms with E-state index in [9.17, 15) is 0 Å². The fourth-order valence-electron chi connectivity index (χ4n) is 3.50. The van der Waals surface area contributed by atoms with E-state index in [1.807, 2.05) is 0 Å². The van der Waals surface area contributed by atoms with E-state index in [0.717, 1.165) is 0 Å². The van der Waals surface area contributed by atoms with Crippen molar-refractivity contribution in [3.05, 3.63) is 0 Å². The molecule has 0 fully saturated rings. The van der Waals surface area contributed by atoms with Gasteiger partial charge in [-0.05, 0) is 0 Å². The summed E-state index contributed by atoms with van der Waals surface area (Å²) < 4.78 is 1.66. The molecule has 0 aliphatic carbocycles. The molecule has 0 aromatic heterocycles. The second kappa shape index (κ2) is 4.75. The molecule has 0 N–H and O–H groups in total. The quantitative estimate of drug-likeness (QED) is 0.647. The summed E-state index contributed by atoms with van der Waals surface area (Å²) in [4.78, 5) is 0. The van der Waals surface area contributed by atoms with Crippen LogP contribution in [0.3, 0.4) is 0 Å².